The number of hydrogen-bond donors (Lipinski definition) is 2. The van der Waals surface area contributed by atoms with Crippen LogP contribution in [0, 0.1) is 0 Å². The topological polar surface area (TPSA) is 67.5 Å². The number of fused-ring (bicyclic) bond motifs is 1. The van der Waals surface area contributed by atoms with Crippen LogP contribution in [0.5, 0.6) is 5.75 Å². The molecule has 0 saturated carbocycles. The van der Waals surface area contributed by atoms with Crippen LogP contribution in [0.15, 0.2) is 64.5 Å². The quantitative estimate of drug-likeness (QED) is 0.407. The highest BCUT2D eigenvalue weighted by molar-refractivity contribution is 7.17. The van der Waals surface area contributed by atoms with Crippen LogP contribution < -0.4 is 10.1 Å². The van der Waals surface area contributed by atoms with E-state index in [4.69, 9.17) is 20.9 Å². The molecule has 2 N–H and O–H groups in total. The Morgan fingerprint density at radius 3 is 2.86 bits per heavy atom. The third-order valence-electron chi connectivity index (χ3n) is 4.48. The van der Waals surface area contributed by atoms with Crippen molar-refractivity contribution in [3.05, 3.63) is 70.6 Å². The van der Waals surface area contributed by atoms with Crippen molar-refractivity contribution in [1.29, 1.82) is 0 Å². The van der Waals surface area contributed by atoms with Crippen molar-refractivity contribution >= 4 is 33.2 Å². The Kier molecular flexibility index (Phi) is 5.87. The van der Waals surface area contributed by atoms with Gasteiger partial charge in [-0.05, 0) is 48.2 Å². The SMILES string of the molecule is C[C@@](O)(CNCc1ccc(Cl)cc1)COc1cccc(-c2noc3ccsc23)c1. The molecule has 29 heavy (non-hydrogen) atoms. The number of aliphatic hydroxyl groups is 1. The van der Waals surface area contributed by atoms with Gasteiger partial charge in [-0.1, -0.05) is 41.0 Å². The van der Waals surface area contributed by atoms with Crippen LogP contribution >= 0.6 is 22.9 Å². The molecule has 7 heteroatoms. The molecule has 1 atom stereocenters. The number of hydrogen-bond acceptors (Lipinski definition) is 6. The van der Waals surface area contributed by atoms with E-state index in [0.29, 0.717) is 23.9 Å². The lowest BCUT2D eigenvalue weighted by Gasteiger charge is -2.24. The van der Waals surface area contributed by atoms with Crippen LogP contribution in [0.2, 0.25) is 5.02 Å². The first-order valence-corrected chi connectivity index (χ1v) is 10.5. The molecule has 2 aromatic heterocycles. The van der Waals surface area contributed by atoms with Gasteiger partial charge in [-0.2, -0.15) is 0 Å². The van der Waals surface area contributed by atoms with Gasteiger partial charge in [-0.3, -0.25) is 0 Å². The molecule has 4 rings (SSSR count). The Labute approximate surface area is 177 Å². The monoisotopic (exact) mass is 428 g/mol. The highest BCUT2D eigenvalue weighted by Crippen LogP contribution is 2.33. The fourth-order valence-electron chi connectivity index (χ4n) is 2.96. The summed E-state index contributed by atoms with van der Waals surface area (Å²) >= 11 is 7.49. The second-order valence-corrected chi connectivity index (χ2v) is 8.54. The Balaban J connectivity index is 1.34. The fourth-order valence-corrected chi connectivity index (χ4v) is 3.91. The summed E-state index contributed by atoms with van der Waals surface area (Å²) < 4.78 is 12.2. The number of nitrogens with one attached hydrogen (secondary N) is 1. The summed E-state index contributed by atoms with van der Waals surface area (Å²) in [5.41, 5.74) is 2.59. The van der Waals surface area contributed by atoms with Gasteiger partial charge >= 0.3 is 0 Å². The van der Waals surface area contributed by atoms with Gasteiger partial charge < -0.3 is 19.7 Å². The molecule has 0 saturated heterocycles. The normalized spacial score (nSPS) is 13.5. The van der Waals surface area contributed by atoms with Crippen molar-refractivity contribution in [2.75, 3.05) is 13.2 Å². The fraction of sp³-hybridized carbons (Fsp3) is 0.227. The minimum atomic E-state index is -1.02. The second kappa shape index (κ2) is 8.55. The maximum absolute atomic E-state index is 10.6. The summed E-state index contributed by atoms with van der Waals surface area (Å²) in [7, 11) is 0. The first-order valence-electron chi connectivity index (χ1n) is 9.24. The highest BCUT2D eigenvalue weighted by atomic mass is 35.5. The Bertz CT molecular complexity index is 1090. The number of thiophene rings is 1. The van der Waals surface area contributed by atoms with E-state index in [9.17, 15) is 5.11 Å². The summed E-state index contributed by atoms with van der Waals surface area (Å²) in [5.74, 6) is 0.674. The molecule has 0 aliphatic carbocycles. The molecule has 0 spiro atoms. The lowest BCUT2D eigenvalue weighted by atomic mass is 10.1. The number of halogens is 1. The first kappa shape index (κ1) is 19.9. The van der Waals surface area contributed by atoms with E-state index in [1.807, 2.05) is 60.0 Å². The van der Waals surface area contributed by atoms with Gasteiger partial charge in [0.05, 0.1) is 0 Å². The van der Waals surface area contributed by atoms with Crippen LogP contribution in [0.25, 0.3) is 21.5 Å². The zero-order valence-electron chi connectivity index (χ0n) is 15.9. The van der Waals surface area contributed by atoms with Gasteiger partial charge in [-0.25, -0.2) is 0 Å². The maximum Gasteiger partial charge on any atom is 0.178 e. The number of ether oxygens (including phenoxy) is 1. The van der Waals surface area contributed by atoms with Crippen LogP contribution in [-0.4, -0.2) is 29.0 Å². The zero-order valence-corrected chi connectivity index (χ0v) is 17.5. The van der Waals surface area contributed by atoms with Crippen molar-refractivity contribution < 1.29 is 14.4 Å². The standard InChI is InChI=1S/C22H21ClN2O3S/c1-22(26,13-24-12-15-5-7-17(23)8-6-15)14-27-18-4-2-3-16(11-18)20-21-19(28-25-20)9-10-29-21/h2-11,24,26H,12-14H2,1H3/t22-/m1/s1. The van der Waals surface area contributed by atoms with E-state index in [1.54, 1.807) is 18.3 Å². The smallest absolute Gasteiger partial charge is 0.178 e. The van der Waals surface area contributed by atoms with E-state index in [0.717, 1.165) is 27.1 Å². The molecule has 0 aliphatic rings. The first-order chi connectivity index (χ1) is 14.0. The summed E-state index contributed by atoms with van der Waals surface area (Å²) in [6.07, 6.45) is 0. The van der Waals surface area contributed by atoms with Crippen LogP contribution in [0.4, 0.5) is 0 Å². The van der Waals surface area contributed by atoms with Crippen LogP contribution in [0.3, 0.4) is 0 Å². The lowest BCUT2D eigenvalue weighted by molar-refractivity contribution is 0.0121. The summed E-state index contributed by atoms with van der Waals surface area (Å²) in [6, 6.07) is 17.2. The molecule has 0 bridgehead atoms. The lowest BCUT2D eigenvalue weighted by Crippen LogP contribution is -2.42. The molecule has 4 aromatic rings. The highest BCUT2D eigenvalue weighted by Gasteiger charge is 2.21. The Hall–Kier alpha value is -2.38. The van der Waals surface area contributed by atoms with E-state index in [-0.39, 0.29) is 6.61 Å². The summed E-state index contributed by atoms with van der Waals surface area (Å²) in [6.45, 7) is 2.95. The molecule has 0 radical (unpaired) electrons. The number of nitrogens with zero attached hydrogens (tertiary/aromatic N) is 1. The van der Waals surface area contributed by atoms with E-state index in [1.165, 1.54) is 0 Å². The molecule has 0 unspecified atom stereocenters. The Morgan fingerprint density at radius 2 is 2.03 bits per heavy atom. The largest absolute Gasteiger partial charge is 0.491 e. The van der Waals surface area contributed by atoms with Gasteiger partial charge in [0.15, 0.2) is 5.58 Å². The molecule has 2 aromatic carbocycles. The third-order valence-corrected chi connectivity index (χ3v) is 5.64. The third kappa shape index (κ3) is 4.97. The number of rotatable bonds is 8. The van der Waals surface area contributed by atoms with Gasteiger partial charge in [0.2, 0.25) is 0 Å². The van der Waals surface area contributed by atoms with E-state index < -0.39 is 5.60 Å². The van der Waals surface area contributed by atoms with Gasteiger partial charge in [0.1, 0.15) is 28.4 Å². The van der Waals surface area contributed by atoms with Crippen molar-refractivity contribution in [3.8, 4) is 17.0 Å². The van der Waals surface area contributed by atoms with Gasteiger partial charge in [0.25, 0.3) is 0 Å². The minimum absolute atomic E-state index is 0.164. The molecular weight excluding hydrogens is 408 g/mol. The molecule has 5 nitrogen and oxygen atoms in total. The molecule has 150 valence electrons. The van der Waals surface area contributed by atoms with Gasteiger partial charge in [-0.15, -0.1) is 11.3 Å². The predicted molar refractivity (Wildman–Crippen MR) is 117 cm³/mol. The average molecular weight is 429 g/mol. The van der Waals surface area contributed by atoms with Gasteiger partial charge in [0, 0.05) is 23.7 Å². The Morgan fingerprint density at radius 1 is 1.21 bits per heavy atom. The molecule has 0 fully saturated rings. The minimum Gasteiger partial charge on any atom is -0.491 e. The van der Waals surface area contributed by atoms with Crippen molar-refractivity contribution in [2.45, 2.75) is 19.1 Å². The number of benzene rings is 2. The summed E-state index contributed by atoms with van der Waals surface area (Å²) in [4.78, 5) is 0. The van der Waals surface area contributed by atoms with Crippen LogP contribution in [-0.2, 0) is 6.54 Å². The van der Waals surface area contributed by atoms with Crippen molar-refractivity contribution in [3.63, 3.8) is 0 Å². The number of aromatic nitrogens is 1. The molecule has 2 heterocycles. The predicted octanol–water partition coefficient (Wildman–Crippen LogP) is 5.13. The van der Waals surface area contributed by atoms with Crippen LogP contribution in [0.1, 0.15) is 12.5 Å². The average Bonchev–Trinajstić information content (AvgIpc) is 3.32. The van der Waals surface area contributed by atoms with E-state index in [2.05, 4.69) is 10.5 Å². The van der Waals surface area contributed by atoms with Crippen molar-refractivity contribution in [2.24, 2.45) is 0 Å². The maximum atomic E-state index is 10.6. The summed E-state index contributed by atoms with van der Waals surface area (Å²) in [5, 5.41) is 20.7. The molecular formula is C22H21ClN2O3S. The molecule has 0 aliphatic heterocycles. The van der Waals surface area contributed by atoms with E-state index >= 15 is 0 Å². The molecule has 0 amide bonds. The van der Waals surface area contributed by atoms with Crippen molar-refractivity contribution in [1.82, 2.24) is 10.5 Å². The zero-order chi connectivity index (χ0) is 20.3. The second-order valence-electron chi connectivity index (χ2n) is 7.19.